The van der Waals surface area contributed by atoms with Crippen molar-refractivity contribution in [3.05, 3.63) is 64.3 Å². The molecular formula is C17H14BrNO2. The molecule has 1 heterocycles. The maximum absolute atomic E-state index is 9.16. The monoisotopic (exact) mass is 343 g/mol. The van der Waals surface area contributed by atoms with E-state index in [1.165, 1.54) is 0 Å². The maximum Gasteiger partial charge on any atom is 0.219 e. The molecule has 21 heavy (non-hydrogen) atoms. The van der Waals surface area contributed by atoms with Crippen molar-refractivity contribution in [1.29, 1.82) is 0 Å². The summed E-state index contributed by atoms with van der Waals surface area (Å²) in [4.78, 5) is 4.34. The predicted molar refractivity (Wildman–Crippen MR) is 86.6 cm³/mol. The van der Waals surface area contributed by atoms with Gasteiger partial charge in [0, 0.05) is 16.2 Å². The Labute approximate surface area is 131 Å². The Bertz CT molecular complexity index is 802. The van der Waals surface area contributed by atoms with Crippen LogP contribution in [-0.2, 0) is 6.61 Å². The van der Waals surface area contributed by atoms with Gasteiger partial charge >= 0.3 is 0 Å². The summed E-state index contributed by atoms with van der Waals surface area (Å²) in [6.07, 6.45) is 0. The molecule has 0 fully saturated rings. The molecule has 0 saturated carbocycles. The molecule has 0 aliphatic heterocycles. The molecule has 0 amide bonds. The van der Waals surface area contributed by atoms with Gasteiger partial charge in [-0.25, -0.2) is 4.98 Å². The zero-order chi connectivity index (χ0) is 14.8. The molecule has 3 nitrogen and oxygen atoms in total. The largest absolute Gasteiger partial charge is 0.439 e. The predicted octanol–water partition coefficient (Wildman–Crippen LogP) is 4.59. The van der Waals surface area contributed by atoms with E-state index >= 15 is 0 Å². The number of hydrogen-bond donors (Lipinski definition) is 1. The lowest BCUT2D eigenvalue weighted by atomic mass is 10.1. The van der Waals surface area contributed by atoms with Gasteiger partial charge < -0.3 is 9.84 Å². The first-order valence-electron chi connectivity index (χ1n) is 6.60. The van der Waals surface area contributed by atoms with Crippen molar-refractivity contribution < 1.29 is 9.84 Å². The van der Waals surface area contributed by atoms with E-state index in [-0.39, 0.29) is 6.61 Å². The third kappa shape index (κ3) is 3.06. The van der Waals surface area contributed by atoms with Crippen LogP contribution in [-0.4, -0.2) is 10.1 Å². The second-order valence-corrected chi connectivity index (χ2v) is 5.72. The van der Waals surface area contributed by atoms with E-state index in [0.29, 0.717) is 5.88 Å². The summed E-state index contributed by atoms with van der Waals surface area (Å²) in [5.41, 5.74) is 1.59. The Morgan fingerprint density at radius 2 is 1.81 bits per heavy atom. The fraction of sp³-hybridized carbons (Fsp3) is 0.118. The minimum absolute atomic E-state index is 0.00995. The smallest absolute Gasteiger partial charge is 0.219 e. The minimum Gasteiger partial charge on any atom is -0.439 e. The van der Waals surface area contributed by atoms with Gasteiger partial charge in [-0.2, -0.15) is 0 Å². The summed E-state index contributed by atoms with van der Waals surface area (Å²) < 4.78 is 6.85. The van der Waals surface area contributed by atoms with Gasteiger partial charge in [-0.3, -0.25) is 0 Å². The second-order valence-electron chi connectivity index (χ2n) is 4.81. The summed E-state index contributed by atoms with van der Waals surface area (Å²) in [6, 6.07) is 15.6. The van der Waals surface area contributed by atoms with Gasteiger partial charge in [-0.05, 0) is 53.6 Å². The van der Waals surface area contributed by atoms with E-state index in [4.69, 9.17) is 9.84 Å². The summed E-state index contributed by atoms with van der Waals surface area (Å²) in [7, 11) is 0. The van der Waals surface area contributed by atoms with Gasteiger partial charge in [0.2, 0.25) is 5.88 Å². The van der Waals surface area contributed by atoms with Gasteiger partial charge in [-0.1, -0.05) is 28.1 Å². The fourth-order valence-electron chi connectivity index (χ4n) is 2.17. The molecule has 4 heteroatoms. The number of aliphatic hydroxyl groups is 1. The van der Waals surface area contributed by atoms with Crippen LogP contribution in [0.25, 0.3) is 10.8 Å². The highest BCUT2D eigenvalue weighted by molar-refractivity contribution is 9.10. The lowest BCUT2D eigenvalue weighted by Gasteiger charge is -2.08. The van der Waals surface area contributed by atoms with Gasteiger partial charge in [-0.15, -0.1) is 0 Å². The van der Waals surface area contributed by atoms with E-state index in [1.807, 2.05) is 43.3 Å². The van der Waals surface area contributed by atoms with Crippen molar-refractivity contribution in [3.63, 3.8) is 0 Å². The summed E-state index contributed by atoms with van der Waals surface area (Å²) in [5.74, 6) is 1.27. The van der Waals surface area contributed by atoms with Crippen molar-refractivity contribution in [2.75, 3.05) is 0 Å². The van der Waals surface area contributed by atoms with Crippen molar-refractivity contribution in [2.24, 2.45) is 0 Å². The zero-order valence-corrected chi connectivity index (χ0v) is 13.1. The number of fused-ring (bicyclic) bond motifs is 1. The molecule has 1 aromatic heterocycles. The molecule has 2 aromatic carbocycles. The topological polar surface area (TPSA) is 42.4 Å². The third-order valence-electron chi connectivity index (χ3n) is 3.34. The highest BCUT2D eigenvalue weighted by Gasteiger charge is 2.04. The first-order valence-corrected chi connectivity index (χ1v) is 7.39. The highest BCUT2D eigenvalue weighted by atomic mass is 79.9. The molecule has 0 bridgehead atoms. The molecule has 3 rings (SSSR count). The van der Waals surface area contributed by atoms with E-state index < -0.39 is 0 Å². The number of hydrogen-bond acceptors (Lipinski definition) is 3. The average Bonchev–Trinajstić information content (AvgIpc) is 2.48. The van der Waals surface area contributed by atoms with Crippen molar-refractivity contribution in [2.45, 2.75) is 13.5 Å². The standard InChI is InChI=1S/C17H14BrNO2/c1-11-14(10-20)4-7-17(19-11)21-16-6-3-12-8-15(18)5-2-13(12)9-16/h2-9,20H,10H2,1H3. The number of benzene rings is 2. The number of aromatic nitrogens is 1. The van der Waals surface area contributed by atoms with E-state index in [1.54, 1.807) is 6.07 Å². The number of nitrogens with zero attached hydrogens (tertiary/aromatic N) is 1. The molecule has 0 aliphatic rings. The number of ether oxygens (including phenoxy) is 1. The zero-order valence-electron chi connectivity index (χ0n) is 11.5. The number of rotatable bonds is 3. The number of pyridine rings is 1. The van der Waals surface area contributed by atoms with Gasteiger partial charge in [0.1, 0.15) is 5.75 Å². The Balaban J connectivity index is 1.91. The van der Waals surface area contributed by atoms with Crippen LogP contribution < -0.4 is 4.74 Å². The third-order valence-corrected chi connectivity index (χ3v) is 3.83. The van der Waals surface area contributed by atoms with E-state index in [9.17, 15) is 0 Å². The second kappa shape index (κ2) is 5.84. The fourth-order valence-corrected chi connectivity index (χ4v) is 2.55. The normalized spacial score (nSPS) is 10.8. The Morgan fingerprint density at radius 3 is 2.57 bits per heavy atom. The Hall–Kier alpha value is -1.91. The summed E-state index contributed by atoms with van der Waals surface area (Å²) in [6.45, 7) is 1.85. The van der Waals surface area contributed by atoms with Crippen LogP contribution in [0.3, 0.4) is 0 Å². The van der Waals surface area contributed by atoms with Gasteiger partial charge in [0.15, 0.2) is 0 Å². The lowest BCUT2D eigenvalue weighted by Crippen LogP contribution is -1.95. The quantitative estimate of drug-likeness (QED) is 0.756. The number of halogens is 1. The minimum atomic E-state index is -0.00995. The van der Waals surface area contributed by atoms with Crippen molar-refractivity contribution in [3.8, 4) is 11.6 Å². The van der Waals surface area contributed by atoms with Crippen LogP contribution in [0, 0.1) is 6.92 Å². The average molecular weight is 344 g/mol. The molecule has 0 aliphatic carbocycles. The maximum atomic E-state index is 9.16. The van der Waals surface area contributed by atoms with Crippen molar-refractivity contribution in [1.82, 2.24) is 4.98 Å². The van der Waals surface area contributed by atoms with Crippen LogP contribution in [0.4, 0.5) is 0 Å². The first-order chi connectivity index (χ1) is 10.2. The molecule has 3 aromatic rings. The van der Waals surface area contributed by atoms with Gasteiger partial charge in [0.05, 0.1) is 6.61 Å². The number of aliphatic hydroxyl groups excluding tert-OH is 1. The van der Waals surface area contributed by atoms with Crippen molar-refractivity contribution >= 4 is 26.7 Å². The van der Waals surface area contributed by atoms with Crippen LogP contribution in [0.5, 0.6) is 11.6 Å². The number of aryl methyl sites for hydroxylation is 1. The molecule has 0 unspecified atom stereocenters. The molecule has 0 spiro atoms. The molecule has 106 valence electrons. The van der Waals surface area contributed by atoms with Crippen LogP contribution >= 0.6 is 15.9 Å². The highest BCUT2D eigenvalue weighted by Crippen LogP contribution is 2.27. The summed E-state index contributed by atoms with van der Waals surface area (Å²) in [5, 5.41) is 11.4. The first kappa shape index (κ1) is 14.0. The van der Waals surface area contributed by atoms with Crippen LogP contribution in [0.1, 0.15) is 11.3 Å². The molecule has 0 saturated heterocycles. The van der Waals surface area contributed by atoms with E-state index in [0.717, 1.165) is 32.3 Å². The van der Waals surface area contributed by atoms with Crippen LogP contribution in [0.2, 0.25) is 0 Å². The molecule has 0 atom stereocenters. The lowest BCUT2D eigenvalue weighted by molar-refractivity contribution is 0.280. The molecule has 1 N–H and O–H groups in total. The van der Waals surface area contributed by atoms with E-state index in [2.05, 4.69) is 27.0 Å². The SMILES string of the molecule is Cc1nc(Oc2ccc3cc(Br)ccc3c2)ccc1CO. The Morgan fingerprint density at radius 1 is 1.05 bits per heavy atom. The van der Waals surface area contributed by atoms with Gasteiger partial charge in [0.25, 0.3) is 0 Å². The summed E-state index contributed by atoms with van der Waals surface area (Å²) >= 11 is 3.46. The van der Waals surface area contributed by atoms with Crippen LogP contribution in [0.15, 0.2) is 53.0 Å². The molecule has 0 radical (unpaired) electrons. The molecular weight excluding hydrogens is 330 g/mol. The Kier molecular flexibility index (Phi) is 3.90.